The van der Waals surface area contributed by atoms with Crippen LogP contribution in [0.3, 0.4) is 0 Å². The molecule has 0 amide bonds. The van der Waals surface area contributed by atoms with E-state index < -0.39 is 0 Å². The zero-order valence-corrected chi connectivity index (χ0v) is 72.4. The van der Waals surface area contributed by atoms with Crippen molar-refractivity contribution in [2.75, 3.05) is 0 Å². The van der Waals surface area contributed by atoms with Gasteiger partial charge >= 0.3 is 0 Å². The van der Waals surface area contributed by atoms with Crippen molar-refractivity contribution >= 4 is 153 Å². The van der Waals surface area contributed by atoms with Crippen molar-refractivity contribution in [3.8, 4) is 89.3 Å². The number of para-hydroxylation sites is 4. The molecule has 0 fully saturated rings. The van der Waals surface area contributed by atoms with Crippen molar-refractivity contribution in [1.29, 1.82) is 0 Å². The van der Waals surface area contributed by atoms with Gasteiger partial charge in [-0.3, -0.25) is 9.97 Å². The van der Waals surface area contributed by atoms with Crippen molar-refractivity contribution in [2.24, 2.45) is 0 Å². The number of furan rings is 4. The summed E-state index contributed by atoms with van der Waals surface area (Å²) in [6.07, 6.45) is 3.88. The van der Waals surface area contributed by atoms with Gasteiger partial charge in [0, 0.05) is 75.8 Å². The maximum absolute atomic E-state index is 6.68. The Labute approximate surface area is 729 Å². The topological polar surface area (TPSA) is 104 Å². The molecule has 18 aromatic carbocycles. The van der Waals surface area contributed by atoms with Gasteiger partial charge in [-0.1, -0.05) is 283 Å². The molecule has 0 unspecified atom stereocenters. The molecule has 0 spiro atoms. The second-order valence-electron chi connectivity index (χ2n) is 36.7. The first kappa shape index (κ1) is 75.8. The fourth-order valence-corrected chi connectivity index (χ4v) is 20.3. The van der Waals surface area contributed by atoms with E-state index in [1.54, 1.807) is 0 Å². The van der Waals surface area contributed by atoms with Gasteiger partial charge in [-0.15, -0.1) is 0 Å². The molecule has 6 aromatic heterocycles. The van der Waals surface area contributed by atoms with E-state index in [9.17, 15) is 0 Å². The van der Waals surface area contributed by atoms with Gasteiger partial charge in [0.1, 0.15) is 44.7 Å². The number of hydrogen-bond acceptors (Lipinski definition) is 8. The second-order valence-corrected chi connectivity index (χ2v) is 36.7. The van der Waals surface area contributed by atoms with Gasteiger partial charge in [0.25, 0.3) is 0 Å². The minimum atomic E-state index is 0.0739. The Bertz CT molecular complexity index is 8520. The Hall–Kier alpha value is -15.1. The Balaban J connectivity index is 0.000000145. The molecule has 0 aliphatic rings. The Kier molecular flexibility index (Phi) is 17.3. The zero-order chi connectivity index (χ0) is 85.4. The van der Waals surface area contributed by atoms with Crippen molar-refractivity contribution < 1.29 is 17.7 Å². The molecular formula is C118H88N4O4. The Morgan fingerprint density at radius 1 is 0.206 bits per heavy atom. The van der Waals surface area contributed by atoms with Crippen molar-refractivity contribution in [1.82, 2.24) is 19.9 Å². The van der Waals surface area contributed by atoms with Crippen LogP contribution in [-0.4, -0.2) is 19.9 Å². The SMILES string of the molecule is CC(C)(C)c1ccc(-c2ccc3c4ccc(-c5ccc(C(C)(C)C)cc5)cc4c4nc(-c5cccc(-c6c7oc8ccccc8c7cc7c6oc6ccccc67)c5)cnc4c3c2)cc1.Cc1cc(C)c(-c2ccc3c4ccc(-c5c(C)cc(C)cc5C)cc4c4nc(-c5cccc(-c6c7oc8ccccc8c7cc7c6oc6ccccc67)c5)cnc4c3c2)c(C)c1. The molecule has 0 saturated carbocycles. The van der Waals surface area contributed by atoms with E-state index in [-0.39, 0.29) is 10.8 Å². The summed E-state index contributed by atoms with van der Waals surface area (Å²) in [5.41, 5.74) is 37.4. The number of nitrogens with zero attached hydrogens (tertiary/aromatic N) is 4. The molecule has 0 bridgehead atoms. The number of rotatable bonds is 8. The normalized spacial score (nSPS) is 12.3. The summed E-state index contributed by atoms with van der Waals surface area (Å²) in [6, 6.07) is 109. The highest BCUT2D eigenvalue weighted by molar-refractivity contribution is 6.28. The largest absolute Gasteiger partial charge is 0.455 e. The predicted molar refractivity (Wildman–Crippen MR) is 528 cm³/mol. The molecule has 0 atom stereocenters. The molecule has 126 heavy (non-hydrogen) atoms. The van der Waals surface area contributed by atoms with Crippen LogP contribution in [0.5, 0.6) is 0 Å². The van der Waals surface area contributed by atoms with Crippen LogP contribution in [0.15, 0.2) is 333 Å². The molecule has 0 aliphatic heterocycles. The van der Waals surface area contributed by atoms with Crippen LogP contribution in [0.4, 0.5) is 0 Å². The Morgan fingerprint density at radius 3 is 0.810 bits per heavy atom. The standard InChI is InChI=1S/C60H46N2O2.C58H42N2O2/c1-59(2,3)41-24-18-35(19-25-41)37-22-28-43-44-29-23-38(36-20-26-42(27-21-36)60(4,5)6)32-48(44)56-55(47(43)31-37)61-34-51(62-56)39-12-11-13-40(30-39)54-57-49(45-14-7-9-16-52(45)63-57)33-50-46-15-8-10-17-53(46)64-58(50)54;1-31-22-33(3)52(34(4)23-31)39-18-20-41-42-21-19-40(53-35(5)24-32(2)25-36(53)6)28-46(42)56-55(45(41)27-39)59-30-49(60-56)37-12-11-13-38(26-37)54-57-47(43-14-7-9-16-50(43)61-57)29-48-44-15-8-10-17-51(44)62-58(48)54/h7-34H,1-6H3;7-30H,1-6H3. The quantitative estimate of drug-likeness (QED) is 0.139. The summed E-state index contributed by atoms with van der Waals surface area (Å²) in [4.78, 5) is 21.8. The summed E-state index contributed by atoms with van der Waals surface area (Å²) in [5.74, 6) is 0. The third-order valence-electron chi connectivity index (χ3n) is 26.2. The highest BCUT2D eigenvalue weighted by Crippen LogP contribution is 2.50. The zero-order valence-electron chi connectivity index (χ0n) is 72.4. The average molecular weight is 1630 g/mol. The minimum absolute atomic E-state index is 0.0739. The van der Waals surface area contributed by atoms with Crippen molar-refractivity contribution in [2.45, 2.75) is 93.9 Å². The van der Waals surface area contributed by atoms with Gasteiger partial charge in [-0.05, 0) is 236 Å². The van der Waals surface area contributed by atoms with Crippen LogP contribution in [0, 0.1) is 41.5 Å². The van der Waals surface area contributed by atoms with E-state index in [2.05, 4.69) is 338 Å². The van der Waals surface area contributed by atoms with Crippen LogP contribution in [0.25, 0.3) is 242 Å². The molecule has 604 valence electrons. The van der Waals surface area contributed by atoms with E-state index in [1.165, 1.54) is 83.3 Å². The van der Waals surface area contributed by atoms with E-state index in [1.807, 2.05) is 60.9 Å². The minimum Gasteiger partial charge on any atom is -0.455 e. The first-order chi connectivity index (χ1) is 61.1. The molecular weight excluding hydrogens is 1540 g/mol. The van der Waals surface area contributed by atoms with Gasteiger partial charge in [0.05, 0.1) is 57.0 Å². The summed E-state index contributed by atoms with van der Waals surface area (Å²) in [6.45, 7) is 26.7. The molecule has 0 N–H and O–H groups in total. The molecule has 24 aromatic rings. The third kappa shape index (κ3) is 12.5. The van der Waals surface area contributed by atoms with Crippen LogP contribution in [0.2, 0.25) is 0 Å². The van der Waals surface area contributed by atoms with Crippen LogP contribution in [0.1, 0.15) is 86.1 Å². The predicted octanol–water partition coefficient (Wildman–Crippen LogP) is 33.3. The lowest BCUT2D eigenvalue weighted by Crippen LogP contribution is -2.10. The summed E-state index contributed by atoms with van der Waals surface area (Å²) < 4.78 is 26.7. The summed E-state index contributed by atoms with van der Waals surface area (Å²) >= 11 is 0. The van der Waals surface area contributed by atoms with Crippen LogP contribution >= 0.6 is 0 Å². The lowest BCUT2D eigenvalue weighted by molar-refractivity contribution is 0.590. The van der Waals surface area contributed by atoms with Gasteiger partial charge in [0.2, 0.25) is 0 Å². The highest BCUT2D eigenvalue weighted by atomic mass is 16.4. The van der Waals surface area contributed by atoms with E-state index in [0.29, 0.717) is 0 Å². The smallest absolute Gasteiger partial charge is 0.147 e. The molecule has 0 aliphatic carbocycles. The van der Waals surface area contributed by atoms with Gasteiger partial charge in [-0.25, -0.2) is 9.97 Å². The fraction of sp³-hybridized carbons (Fsp3) is 0.119. The highest BCUT2D eigenvalue weighted by Gasteiger charge is 2.27. The number of hydrogen-bond donors (Lipinski definition) is 0. The van der Waals surface area contributed by atoms with Crippen molar-refractivity contribution in [3.05, 3.63) is 360 Å². The molecule has 0 saturated heterocycles. The third-order valence-corrected chi connectivity index (χ3v) is 26.2. The molecule has 24 rings (SSSR count). The van der Waals surface area contributed by atoms with Gasteiger partial charge in [-0.2, -0.15) is 0 Å². The molecule has 0 radical (unpaired) electrons. The van der Waals surface area contributed by atoms with E-state index in [0.717, 1.165) is 203 Å². The Morgan fingerprint density at radius 2 is 0.484 bits per heavy atom. The lowest BCUT2D eigenvalue weighted by Gasteiger charge is -2.19. The van der Waals surface area contributed by atoms with Crippen LogP contribution < -0.4 is 0 Å². The van der Waals surface area contributed by atoms with E-state index in [4.69, 9.17) is 37.6 Å². The second kappa shape index (κ2) is 28.7. The van der Waals surface area contributed by atoms with Gasteiger partial charge in [0.15, 0.2) is 0 Å². The number of fused-ring (bicyclic) bond motifs is 24. The maximum atomic E-state index is 6.68. The molecule has 8 nitrogen and oxygen atoms in total. The van der Waals surface area contributed by atoms with Crippen LogP contribution in [-0.2, 0) is 10.8 Å². The van der Waals surface area contributed by atoms with E-state index >= 15 is 0 Å². The fourth-order valence-electron chi connectivity index (χ4n) is 20.3. The summed E-state index contributed by atoms with van der Waals surface area (Å²) in [7, 11) is 0. The number of benzene rings is 18. The summed E-state index contributed by atoms with van der Waals surface area (Å²) in [5, 5.41) is 17.5. The average Bonchev–Trinajstić information content (AvgIpc) is 1.25. The first-order valence-electron chi connectivity index (χ1n) is 43.6. The first-order valence-corrected chi connectivity index (χ1v) is 43.6. The number of aryl methyl sites for hydroxylation is 6. The molecule has 6 heterocycles. The van der Waals surface area contributed by atoms with Crippen molar-refractivity contribution in [3.63, 3.8) is 0 Å². The monoisotopic (exact) mass is 1620 g/mol. The molecule has 8 heteroatoms. The number of aromatic nitrogens is 4. The lowest BCUT2D eigenvalue weighted by atomic mass is 9.86. The van der Waals surface area contributed by atoms with Gasteiger partial charge < -0.3 is 17.7 Å². The maximum Gasteiger partial charge on any atom is 0.147 e.